The predicted octanol–water partition coefficient (Wildman–Crippen LogP) is 1.39. The highest BCUT2D eigenvalue weighted by molar-refractivity contribution is 5.39. The molecule has 0 bridgehead atoms. The van der Waals surface area contributed by atoms with E-state index in [9.17, 15) is 5.11 Å². The van der Waals surface area contributed by atoms with Gasteiger partial charge in [-0.15, -0.1) is 0 Å². The third kappa shape index (κ3) is 1.08. The summed E-state index contributed by atoms with van der Waals surface area (Å²) in [5, 5.41) is 9.25. The standard InChI is InChI=1S/C9H10N2O/c1-7(12)8-6-11-5-3-2-4-9(11)10-8/h2-7,12H,1H3. The lowest BCUT2D eigenvalue weighted by Gasteiger charge is -1.94. The molecule has 1 unspecified atom stereocenters. The molecule has 1 atom stereocenters. The number of nitrogens with zero attached hydrogens (tertiary/aromatic N) is 2. The fraction of sp³-hybridized carbons (Fsp3) is 0.222. The molecule has 3 nitrogen and oxygen atoms in total. The van der Waals surface area contributed by atoms with Gasteiger partial charge in [0.05, 0.1) is 11.8 Å². The van der Waals surface area contributed by atoms with Crippen molar-refractivity contribution in [2.45, 2.75) is 13.0 Å². The van der Waals surface area contributed by atoms with Crippen LogP contribution in [0.5, 0.6) is 0 Å². The zero-order valence-corrected chi connectivity index (χ0v) is 6.81. The van der Waals surface area contributed by atoms with E-state index in [4.69, 9.17) is 0 Å². The van der Waals surface area contributed by atoms with Crippen molar-refractivity contribution in [1.29, 1.82) is 0 Å². The Morgan fingerprint density at radius 3 is 3.00 bits per heavy atom. The Kier molecular flexibility index (Phi) is 1.59. The van der Waals surface area contributed by atoms with Gasteiger partial charge in [-0.2, -0.15) is 0 Å². The highest BCUT2D eigenvalue weighted by Crippen LogP contribution is 2.11. The Hall–Kier alpha value is -1.35. The van der Waals surface area contributed by atoms with Gasteiger partial charge in [0.15, 0.2) is 0 Å². The summed E-state index contributed by atoms with van der Waals surface area (Å²) in [6.07, 6.45) is 3.25. The molecule has 0 radical (unpaired) electrons. The van der Waals surface area contributed by atoms with Gasteiger partial charge in [0.1, 0.15) is 5.65 Å². The molecule has 0 saturated carbocycles. The SMILES string of the molecule is CC(O)c1cn2ccccc2n1. The van der Waals surface area contributed by atoms with Crippen molar-refractivity contribution in [3.05, 3.63) is 36.3 Å². The van der Waals surface area contributed by atoms with Crippen LogP contribution in [0.1, 0.15) is 18.7 Å². The maximum Gasteiger partial charge on any atom is 0.137 e. The molecule has 2 aromatic rings. The molecule has 12 heavy (non-hydrogen) atoms. The molecule has 2 aromatic heterocycles. The smallest absolute Gasteiger partial charge is 0.137 e. The summed E-state index contributed by atoms with van der Waals surface area (Å²) in [4.78, 5) is 4.23. The van der Waals surface area contributed by atoms with Crippen molar-refractivity contribution in [1.82, 2.24) is 9.38 Å². The minimum atomic E-state index is -0.495. The molecule has 62 valence electrons. The Bertz CT molecular complexity index is 359. The van der Waals surface area contributed by atoms with Crippen LogP contribution in [0.25, 0.3) is 5.65 Å². The van der Waals surface area contributed by atoms with Crippen molar-refractivity contribution in [3.8, 4) is 0 Å². The Morgan fingerprint density at radius 1 is 1.50 bits per heavy atom. The number of aliphatic hydroxyl groups excluding tert-OH is 1. The Morgan fingerprint density at radius 2 is 2.33 bits per heavy atom. The molecule has 0 saturated heterocycles. The number of hydrogen-bond donors (Lipinski definition) is 1. The van der Waals surface area contributed by atoms with Crippen molar-refractivity contribution in [3.63, 3.8) is 0 Å². The van der Waals surface area contributed by atoms with Crippen LogP contribution < -0.4 is 0 Å². The van der Waals surface area contributed by atoms with E-state index in [0.29, 0.717) is 5.69 Å². The Balaban J connectivity index is 2.62. The van der Waals surface area contributed by atoms with E-state index in [0.717, 1.165) is 5.65 Å². The van der Waals surface area contributed by atoms with E-state index in [1.165, 1.54) is 0 Å². The average Bonchev–Trinajstić information content (AvgIpc) is 2.46. The van der Waals surface area contributed by atoms with Crippen LogP contribution in [0.15, 0.2) is 30.6 Å². The van der Waals surface area contributed by atoms with Crippen LogP contribution in [0.2, 0.25) is 0 Å². The first kappa shape index (κ1) is 7.31. The van der Waals surface area contributed by atoms with Gasteiger partial charge in [-0.3, -0.25) is 0 Å². The molecule has 3 heteroatoms. The highest BCUT2D eigenvalue weighted by Gasteiger charge is 2.04. The maximum atomic E-state index is 9.25. The molecule has 0 amide bonds. The summed E-state index contributed by atoms with van der Waals surface area (Å²) in [6.45, 7) is 1.71. The monoisotopic (exact) mass is 162 g/mol. The first-order chi connectivity index (χ1) is 5.77. The Labute approximate surface area is 70.3 Å². The summed E-state index contributed by atoms with van der Waals surface area (Å²) >= 11 is 0. The van der Waals surface area contributed by atoms with Crippen LogP contribution in [0.3, 0.4) is 0 Å². The average molecular weight is 162 g/mol. The molecule has 0 fully saturated rings. The largest absolute Gasteiger partial charge is 0.387 e. The number of pyridine rings is 1. The second-order valence-electron chi connectivity index (χ2n) is 2.81. The highest BCUT2D eigenvalue weighted by atomic mass is 16.3. The van der Waals surface area contributed by atoms with Crippen LogP contribution in [0, 0.1) is 0 Å². The fourth-order valence-corrected chi connectivity index (χ4v) is 1.16. The summed E-state index contributed by atoms with van der Waals surface area (Å²) in [5.41, 5.74) is 1.58. The lowest BCUT2D eigenvalue weighted by molar-refractivity contribution is 0.195. The minimum absolute atomic E-state index is 0.495. The first-order valence-electron chi connectivity index (χ1n) is 3.89. The van der Waals surface area contributed by atoms with E-state index in [1.807, 2.05) is 35.0 Å². The molecule has 0 spiro atoms. The van der Waals surface area contributed by atoms with E-state index in [-0.39, 0.29) is 0 Å². The van der Waals surface area contributed by atoms with Crippen molar-refractivity contribution >= 4 is 5.65 Å². The fourth-order valence-electron chi connectivity index (χ4n) is 1.16. The number of fused-ring (bicyclic) bond motifs is 1. The van der Waals surface area contributed by atoms with Gasteiger partial charge in [-0.05, 0) is 19.1 Å². The summed E-state index contributed by atoms with van der Waals surface area (Å²) in [6, 6.07) is 5.76. The van der Waals surface area contributed by atoms with Gasteiger partial charge in [-0.1, -0.05) is 6.07 Å². The van der Waals surface area contributed by atoms with Crippen LogP contribution in [0.4, 0.5) is 0 Å². The lowest BCUT2D eigenvalue weighted by atomic mass is 10.3. The quantitative estimate of drug-likeness (QED) is 0.688. The number of aromatic nitrogens is 2. The van der Waals surface area contributed by atoms with Crippen molar-refractivity contribution in [2.24, 2.45) is 0 Å². The van der Waals surface area contributed by atoms with Gasteiger partial charge in [-0.25, -0.2) is 4.98 Å². The molecular formula is C9H10N2O. The number of aliphatic hydroxyl groups is 1. The van der Waals surface area contributed by atoms with Crippen LogP contribution >= 0.6 is 0 Å². The van der Waals surface area contributed by atoms with Gasteiger partial charge < -0.3 is 9.51 Å². The third-order valence-corrected chi connectivity index (χ3v) is 1.81. The van der Waals surface area contributed by atoms with Crippen molar-refractivity contribution < 1.29 is 5.11 Å². The van der Waals surface area contributed by atoms with Crippen LogP contribution in [-0.2, 0) is 0 Å². The lowest BCUT2D eigenvalue weighted by Crippen LogP contribution is -1.89. The second kappa shape index (κ2) is 2.60. The molecule has 0 aliphatic carbocycles. The number of rotatable bonds is 1. The summed E-state index contributed by atoms with van der Waals surface area (Å²) in [5.74, 6) is 0. The number of hydrogen-bond acceptors (Lipinski definition) is 2. The third-order valence-electron chi connectivity index (χ3n) is 1.81. The van der Waals surface area contributed by atoms with Gasteiger partial charge in [0, 0.05) is 12.4 Å². The van der Waals surface area contributed by atoms with Gasteiger partial charge >= 0.3 is 0 Å². The molecule has 2 rings (SSSR count). The zero-order valence-electron chi connectivity index (χ0n) is 6.81. The molecule has 1 N–H and O–H groups in total. The summed E-state index contributed by atoms with van der Waals surface area (Å²) < 4.78 is 1.89. The van der Waals surface area contributed by atoms with E-state index < -0.39 is 6.10 Å². The van der Waals surface area contributed by atoms with Gasteiger partial charge in [0.25, 0.3) is 0 Å². The minimum Gasteiger partial charge on any atom is -0.387 e. The van der Waals surface area contributed by atoms with Gasteiger partial charge in [0.2, 0.25) is 0 Å². The molecule has 0 aliphatic heterocycles. The normalized spacial score (nSPS) is 13.5. The molecule has 2 heterocycles. The maximum absolute atomic E-state index is 9.25. The molecule has 0 aromatic carbocycles. The van der Waals surface area contributed by atoms with Crippen LogP contribution in [-0.4, -0.2) is 14.5 Å². The molecule has 0 aliphatic rings. The van der Waals surface area contributed by atoms with E-state index >= 15 is 0 Å². The van der Waals surface area contributed by atoms with E-state index in [2.05, 4.69) is 4.98 Å². The molecular weight excluding hydrogens is 152 g/mol. The van der Waals surface area contributed by atoms with Crippen molar-refractivity contribution in [2.75, 3.05) is 0 Å². The second-order valence-corrected chi connectivity index (χ2v) is 2.81. The zero-order chi connectivity index (χ0) is 8.55. The predicted molar refractivity (Wildman–Crippen MR) is 45.8 cm³/mol. The first-order valence-corrected chi connectivity index (χ1v) is 3.89. The number of imidazole rings is 1. The van der Waals surface area contributed by atoms with E-state index in [1.54, 1.807) is 6.92 Å². The topological polar surface area (TPSA) is 37.5 Å². The summed E-state index contributed by atoms with van der Waals surface area (Å²) in [7, 11) is 0.